The second kappa shape index (κ2) is 5.55. The van der Waals surface area contributed by atoms with Crippen LogP contribution in [0.3, 0.4) is 0 Å². The zero-order chi connectivity index (χ0) is 13.3. The van der Waals surface area contributed by atoms with Gasteiger partial charge in [-0.3, -0.25) is 9.48 Å². The molecule has 0 spiro atoms. The van der Waals surface area contributed by atoms with Crippen LogP contribution >= 0.6 is 38.9 Å². The van der Waals surface area contributed by atoms with E-state index in [-0.39, 0.29) is 12.2 Å². The third-order valence-electron chi connectivity index (χ3n) is 2.67. The van der Waals surface area contributed by atoms with E-state index in [9.17, 15) is 4.79 Å². The van der Waals surface area contributed by atoms with E-state index in [2.05, 4.69) is 21.0 Å². The van der Waals surface area contributed by atoms with Gasteiger partial charge in [-0.05, 0) is 28.4 Å². The van der Waals surface area contributed by atoms with Crippen LogP contribution in [-0.2, 0) is 19.9 Å². The van der Waals surface area contributed by atoms with Gasteiger partial charge in [-0.1, -0.05) is 18.5 Å². The fourth-order valence-corrected chi connectivity index (χ4v) is 3.44. The maximum Gasteiger partial charge on any atom is 0.178 e. The number of aromatic nitrogens is 2. The molecule has 18 heavy (non-hydrogen) atoms. The van der Waals surface area contributed by atoms with Crippen LogP contribution in [0.2, 0.25) is 5.02 Å². The highest BCUT2D eigenvalue weighted by Crippen LogP contribution is 2.25. The Labute approximate surface area is 123 Å². The number of Topliss-reactive ketones (excluding diaryl/α,β-unsaturated/α-hetero) is 1. The van der Waals surface area contributed by atoms with E-state index in [1.165, 1.54) is 11.3 Å². The van der Waals surface area contributed by atoms with Gasteiger partial charge in [0.05, 0.1) is 27.7 Å². The quantitative estimate of drug-likeness (QED) is 0.787. The maximum atomic E-state index is 12.1. The molecule has 6 heteroatoms. The molecule has 0 radical (unpaired) electrons. The molecule has 0 aliphatic heterocycles. The molecule has 0 bridgehead atoms. The maximum absolute atomic E-state index is 12.1. The van der Waals surface area contributed by atoms with E-state index in [0.717, 1.165) is 27.2 Å². The van der Waals surface area contributed by atoms with Crippen molar-refractivity contribution in [2.75, 3.05) is 0 Å². The first-order valence-electron chi connectivity index (χ1n) is 5.50. The number of thiophene rings is 1. The molecule has 0 amide bonds. The molecule has 0 atom stereocenters. The first-order chi connectivity index (χ1) is 8.52. The van der Waals surface area contributed by atoms with Crippen LogP contribution in [-0.4, -0.2) is 15.6 Å². The molecular weight excluding hydrogens is 336 g/mol. The first-order valence-corrected chi connectivity index (χ1v) is 7.55. The van der Waals surface area contributed by atoms with Gasteiger partial charge in [0.2, 0.25) is 0 Å². The van der Waals surface area contributed by atoms with Crippen molar-refractivity contribution in [1.29, 1.82) is 0 Å². The summed E-state index contributed by atoms with van der Waals surface area (Å²) in [6.07, 6.45) is 1.06. The number of carbonyl (C=O) groups is 1. The molecule has 2 aromatic heterocycles. The van der Waals surface area contributed by atoms with Crippen molar-refractivity contribution in [3.63, 3.8) is 0 Å². The van der Waals surface area contributed by atoms with Gasteiger partial charge in [0.1, 0.15) is 0 Å². The minimum absolute atomic E-state index is 0.0678. The predicted octanol–water partition coefficient (Wildman–Crippen LogP) is 3.89. The normalized spacial score (nSPS) is 10.9. The SMILES string of the molecule is CCc1nn(C)c(CC(=O)c2cc(Br)cs2)c1Cl. The highest BCUT2D eigenvalue weighted by atomic mass is 79.9. The topological polar surface area (TPSA) is 34.9 Å². The molecule has 2 rings (SSSR count). The fraction of sp³-hybridized carbons (Fsp3) is 0.333. The van der Waals surface area contributed by atoms with Gasteiger partial charge in [-0.15, -0.1) is 11.3 Å². The summed E-state index contributed by atoms with van der Waals surface area (Å²) in [5.41, 5.74) is 1.62. The molecule has 0 aliphatic carbocycles. The molecule has 0 aliphatic rings. The fourth-order valence-electron chi connectivity index (χ4n) is 1.71. The Morgan fingerprint density at radius 2 is 2.33 bits per heavy atom. The van der Waals surface area contributed by atoms with Crippen LogP contribution in [0.5, 0.6) is 0 Å². The molecule has 0 N–H and O–H groups in total. The third-order valence-corrected chi connectivity index (χ3v) is 4.84. The lowest BCUT2D eigenvalue weighted by atomic mass is 10.1. The number of hydrogen-bond acceptors (Lipinski definition) is 3. The Hall–Kier alpha value is -0.650. The molecule has 0 saturated carbocycles. The summed E-state index contributed by atoms with van der Waals surface area (Å²) in [6, 6.07) is 1.83. The van der Waals surface area contributed by atoms with Crippen LogP contribution in [0.4, 0.5) is 0 Å². The van der Waals surface area contributed by atoms with Gasteiger partial charge in [0.15, 0.2) is 5.78 Å². The minimum atomic E-state index is 0.0678. The molecule has 0 saturated heterocycles. The van der Waals surface area contributed by atoms with E-state index < -0.39 is 0 Å². The van der Waals surface area contributed by atoms with Gasteiger partial charge in [-0.25, -0.2) is 0 Å². The van der Waals surface area contributed by atoms with E-state index in [0.29, 0.717) is 5.02 Å². The van der Waals surface area contributed by atoms with Crippen LogP contribution in [0.1, 0.15) is 28.0 Å². The number of carbonyl (C=O) groups excluding carboxylic acids is 1. The molecule has 3 nitrogen and oxygen atoms in total. The summed E-state index contributed by atoms with van der Waals surface area (Å²) in [5, 5.41) is 6.82. The number of nitrogens with zero attached hydrogens (tertiary/aromatic N) is 2. The van der Waals surface area contributed by atoms with Gasteiger partial charge in [0, 0.05) is 16.9 Å². The van der Waals surface area contributed by atoms with E-state index in [1.54, 1.807) is 4.68 Å². The molecule has 0 fully saturated rings. The van der Waals surface area contributed by atoms with Crippen molar-refractivity contribution in [3.05, 3.63) is 37.2 Å². The number of aryl methyl sites for hydroxylation is 2. The van der Waals surface area contributed by atoms with Gasteiger partial charge >= 0.3 is 0 Å². The van der Waals surface area contributed by atoms with E-state index in [4.69, 9.17) is 11.6 Å². The average Bonchev–Trinajstić information content (AvgIpc) is 2.87. The zero-order valence-corrected chi connectivity index (χ0v) is 13.2. The monoisotopic (exact) mass is 346 g/mol. The molecule has 0 aromatic carbocycles. The summed E-state index contributed by atoms with van der Waals surface area (Å²) in [4.78, 5) is 12.9. The lowest BCUT2D eigenvalue weighted by Gasteiger charge is -2.00. The summed E-state index contributed by atoms with van der Waals surface area (Å²) >= 11 is 11.0. The molecule has 96 valence electrons. The van der Waals surface area contributed by atoms with Crippen molar-refractivity contribution < 1.29 is 4.79 Å². The van der Waals surface area contributed by atoms with Crippen molar-refractivity contribution in [1.82, 2.24) is 9.78 Å². The van der Waals surface area contributed by atoms with Crippen LogP contribution in [0, 0.1) is 0 Å². The van der Waals surface area contributed by atoms with Crippen molar-refractivity contribution in [2.24, 2.45) is 7.05 Å². The van der Waals surface area contributed by atoms with E-state index in [1.807, 2.05) is 25.4 Å². The number of rotatable bonds is 4. The number of hydrogen-bond donors (Lipinski definition) is 0. The summed E-state index contributed by atoms with van der Waals surface area (Å²) < 4.78 is 2.63. The Kier molecular flexibility index (Phi) is 4.25. The number of halogens is 2. The molecule has 2 heterocycles. The highest BCUT2D eigenvalue weighted by molar-refractivity contribution is 9.10. The van der Waals surface area contributed by atoms with Crippen molar-refractivity contribution in [2.45, 2.75) is 19.8 Å². The van der Waals surface area contributed by atoms with Crippen LogP contribution in [0.15, 0.2) is 15.9 Å². The Balaban J connectivity index is 2.24. The Morgan fingerprint density at radius 3 is 2.83 bits per heavy atom. The Bertz CT molecular complexity index is 591. The van der Waals surface area contributed by atoms with Gasteiger partial charge < -0.3 is 0 Å². The van der Waals surface area contributed by atoms with Crippen molar-refractivity contribution in [3.8, 4) is 0 Å². The zero-order valence-electron chi connectivity index (χ0n) is 10.0. The van der Waals surface area contributed by atoms with Gasteiger partial charge in [0.25, 0.3) is 0 Å². The van der Waals surface area contributed by atoms with Crippen LogP contribution in [0.25, 0.3) is 0 Å². The largest absolute Gasteiger partial charge is 0.293 e. The summed E-state index contributed by atoms with van der Waals surface area (Å²) in [5.74, 6) is 0.0678. The van der Waals surface area contributed by atoms with Crippen LogP contribution < -0.4 is 0 Å². The lowest BCUT2D eigenvalue weighted by molar-refractivity contribution is 0.0994. The highest BCUT2D eigenvalue weighted by Gasteiger charge is 2.18. The van der Waals surface area contributed by atoms with E-state index >= 15 is 0 Å². The second-order valence-corrected chi connectivity index (χ2v) is 6.12. The Morgan fingerprint density at radius 1 is 1.61 bits per heavy atom. The first kappa shape index (κ1) is 13.8. The molecular formula is C12H12BrClN2OS. The number of ketones is 1. The minimum Gasteiger partial charge on any atom is -0.293 e. The lowest BCUT2D eigenvalue weighted by Crippen LogP contribution is -2.06. The third kappa shape index (κ3) is 2.68. The smallest absolute Gasteiger partial charge is 0.178 e. The van der Waals surface area contributed by atoms with Crippen molar-refractivity contribution >= 4 is 44.7 Å². The summed E-state index contributed by atoms with van der Waals surface area (Å²) in [6.45, 7) is 2.00. The predicted molar refractivity (Wildman–Crippen MR) is 77.6 cm³/mol. The average molecular weight is 348 g/mol. The van der Waals surface area contributed by atoms with Gasteiger partial charge in [-0.2, -0.15) is 5.10 Å². The summed E-state index contributed by atoms with van der Waals surface area (Å²) in [7, 11) is 1.82. The molecule has 0 unspecified atom stereocenters. The standard InChI is InChI=1S/C12H12BrClN2OS/c1-3-8-12(14)9(16(2)15-8)5-10(17)11-4-7(13)6-18-11/h4,6H,3,5H2,1-2H3. The molecule has 2 aromatic rings. The second-order valence-electron chi connectivity index (χ2n) is 3.91.